The highest BCUT2D eigenvalue weighted by molar-refractivity contribution is 5.14. The highest BCUT2D eigenvalue weighted by atomic mass is 14.9. The van der Waals surface area contributed by atoms with Gasteiger partial charge in [0.2, 0.25) is 0 Å². The Morgan fingerprint density at radius 2 is 1.84 bits per heavy atom. The van der Waals surface area contributed by atoms with E-state index in [0.29, 0.717) is 0 Å². The zero-order chi connectivity index (χ0) is 13.3. The molecule has 0 spiro atoms. The van der Waals surface area contributed by atoms with E-state index in [1.165, 1.54) is 63.5 Å². The zero-order valence-electron chi connectivity index (χ0n) is 12.4. The summed E-state index contributed by atoms with van der Waals surface area (Å²) < 4.78 is 0. The quantitative estimate of drug-likeness (QED) is 0.707. The van der Waals surface area contributed by atoms with Crippen LogP contribution < -0.4 is 5.32 Å². The lowest BCUT2D eigenvalue weighted by molar-refractivity contribution is 0.263. The van der Waals surface area contributed by atoms with Crippen molar-refractivity contribution in [3.63, 3.8) is 0 Å². The lowest BCUT2D eigenvalue weighted by Crippen LogP contribution is -2.37. The number of aryl methyl sites for hydroxylation is 1. The molecule has 1 aromatic rings. The molecular formula is C18H29N. The summed E-state index contributed by atoms with van der Waals surface area (Å²) >= 11 is 0. The van der Waals surface area contributed by atoms with Crippen LogP contribution in [-0.2, 0) is 6.42 Å². The maximum Gasteiger partial charge on any atom is 0.00927 e. The lowest BCUT2D eigenvalue weighted by atomic mass is 9.83. The molecule has 0 amide bonds. The van der Waals surface area contributed by atoms with Crippen LogP contribution in [0.3, 0.4) is 0 Å². The minimum Gasteiger partial charge on any atom is -0.314 e. The first kappa shape index (κ1) is 14.6. The average Bonchev–Trinajstić information content (AvgIpc) is 2.49. The summed E-state index contributed by atoms with van der Waals surface area (Å²) in [5.41, 5.74) is 1.47. The predicted octanol–water partition coefficient (Wildman–Crippen LogP) is 4.57. The second-order valence-corrected chi connectivity index (χ2v) is 5.96. The third-order valence-electron chi connectivity index (χ3n) is 4.55. The fourth-order valence-corrected chi connectivity index (χ4v) is 3.41. The standard InChI is InChI=1S/C18H29N/c1-2-18(17-13-7-4-8-14-17)19-15-9-12-16-10-5-3-6-11-16/h3,5-6,10-11,17-19H,2,4,7-9,12-15H2,1H3. The highest BCUT2D eigenvalue weighted by Crippen LogP contribution is 2.27. The van der Waals surface area contributed by atoms with Gasteiger partial charge in [0.1, 0.15) is 0 Å². The molecule has 1 N–H and O–H groups in total. The second-order valence-electron chi connectivity index (χ2n) is 5.96. The van der Waals surface area contributed by atoms with Crippen molar-refractivity contribution in [1.82, 2.24) is 5.32 Å². The number of hydrogen-bond donors (Lipinski definition) is 1. The van der Waals surface area contributed by atoms with E-state index in [0.717, 1.165) is 12.0 Å². The fraction of sp³-hybridized carbons (Fsp3) is 0.667. The summed E-state index contributed by atoms with van der Waals surface area (Å²) in [7, 11) is 0. The normalized spacial score (nSPS) is 18.4. The van der Waals surface area contributed by atoms with Crippen molar-refractivity contribution in [1.29, 1.82) is 0 Å². The Morgan fingerprint density at radius 3 is 2.53 bits per heavy atom. The Hall–Kier alpha value is -0.820. The van der Waals surface area contributed by atoms with Gasteiger partial charge in [-0.2, -0.15) is 0 Å². The SMILES string of the molecule is CCC(NCCCc1ccccc1)C1CCCCC1. The maximum absolute atomic E-state index is 3.81. The first-order valence-corrected chi connectivity index (χ1v) is 8.17. The first-order valence-electron chi connectivity index (χ1n) is 8.17. The van der Waals surface area contributed by atoms with Crippen LogP contribution in [0.5, 0.6) is 0 Å². The van der Waals surface area contributed by atoms with E-state index in [1.54, 1.807) is 0 Å². The van der Waals surface area contributed by atoms with Crippen LogP contribution in [0.1, 0.15) is 57.4 Å². The second kappa shape index (κ2) is 8.37. The van der Waals surface area contributed by atoms with Crippen molar-refractivity contribution in [3.8, 4) is 0 Å². The van der Waals surface area contributed by atoms with Crippen molar-refractivity contribution < 1.29 is 0 Å². The van der Waals surface area contributed by atoms with E-state index in [9.17, 15) is 0 Å². The van der Waals surface area contributed by atoms with E-state index < -0.39 is 0 Å². The molecule has 106 valence electrons. The Bertz CT molecular complexity index is 327. The molecule has 1 unspecified atom stereocenters. The van der Waals surface area contributed by atoms with Gasteiger partial charge in [0.25, 0.3) is 0 Å². The molecule has 1 fully saturated rings. The fourth-order valence-electron chi connectivity index (χ4n) is 3.41. The van der Waals surface area contributed by atoms with Crippen molar-refractivity contribution >= 4 is 0 Å². The van der Waals surface area contributed by atoms with E-state index in [4.69, 9.17) is 0 Å². The van der Waals surface area contributed by atoms with E-state index in [-0.39, 0.29) is 0 Å². The van der Waals surface area contributed by atoms with Crippen LogP contribution in [0.2, 0.25) is 0 Å². The Balaban J connectivity index is 1.65. The molecule has 0 aliphatic heterocycles. The van der Waals surface area contributed by atoms with Crippen molar-refractivity contribution in [2.24, 2.45) is 5.92 Å². The topological polar surface area (TPSA) is 12.0 Å². The van der Waals surface area contributed by atoms with Gasteiger partial charge in [-0.15, -0.1) is 0 Å². The molecule has 1 saturated carbocycles. The molecule has 19 heavy (non-hydrogen) atoms. The molecule has 1 aliphatic rings. The summed E-state index contributed by atoms with van der Waals surface area (Å²) in [4.78, 5) is 0. The summed E-state index contributed by atoms with van der Waals surface area (Å²) in [6, 6.07) is 11.6. The lowest BCUT2D eigenvalue weighted by Gasteiger charge is -2.30. The van der Waals surface area contributed by atoms with Crippen molar-refractivity contribution in [2.75, 3.05) is 6.54 Å². The average molecular weight is 259 g/mol. The van der Waals surface area contributed by atoms with Crippen LogP contribution in [0, 0.1) is 5.92 Å². The van der Waals surface area contributed by atoms with Gasteiger partial charge in [-0.25, -0.2) is 0 Å². The highest BCUT2D eigenvalue weighted by Gasteiger charge is 2.21. The molecule has 1 heteroatoms. The largest absolute Gasteiger partial charge is 0.314 e. The van der Waals surface area contributed by atoms with Crippen LogP contribution in [0.4, 0.5) is 0 Å². The maximum atomic E-state index is 3.81. The summed E-state index contributed by atoms with van der Waals surface area (Å²) in [5, 5.41) is 3.81. The smallest absolute Gasteiger partial charge is 0.00927 e. The van der Waals surface area contributed by atoms with E-state index in [1.807, 2.05) is 0 Å². The number of nitrogens with one attached hydrogen (secondary N) is 1. The van der Waals surface area contributed by atoms with Gasteiger partial charge < -0.3 is 5.32 Å². The third kappa shape index (κ3) is 4.99. The van der Waals surface area contributed by atoms with Gasteiger partial charge in [0.15, 0.2) is 0 Å². The van der Waals surface area contributed by atoms with Crippen LogP contribution >= 0.6 is 0 Å². The molecule has 0 aromatic heterocycles. The van der Waals surface area contributed by atoms with Gasteiger partial charge in [-0.1, -0.05) is 56.5 Å². The van der Waals surface area contributed by atoms with E-state index in [2.05, 4.69) is 42.6 Å². The van der Waals surface area contributed by atoms with Crippen LogP contribution in [0.15, 0.2) is 30.3 Å². The molecular weight excluding hydrogens is 230 g/mol. The predicted molar refractivity (Wildman–Crippen MR) is 83.4 cm³/mol. The first-order chi connectivity index (χ1) is 9.40. The number of benzene rings is 1. The molecule has 0 bridgehead atoms. The Labute approximate surface area is 118 Å². The zero-order valence-corrected chi connectivity index (χ0v) is 12.4. The van der Waals surface area contributed by atoms with Crippen LogP contribution in [0.25, 0.3) is 0 Å². The monoisotopic (exact) mass is 259 g/mol. The van der Waals surface area contributed by atoms with Gasteiger partial charge in [0, 0.05) is 6.04 Å². The van der Waals surface area contributed by atoms with Crippen molar-refractivity contribution in [2.45, 2.75) is 64.3 Å². The molecule has 1 nitrogen and oxygen atoms in total. The minimum absolute atomic E-state index is 0.760. The molecule has 1 aromatic carbocycles. The van der Waals surface area contributed by atoms with Gasteiger partial charge in [-0.3, -0.25) is 0 Å². The molecule has 0 heterocycles. The third-order valence-corrected chi connectivity index (χ3v) is 4.55. The minimum atomic E-state index is 0.760. The molecule has 2 rings (SSSR count). The van der Waals surface area contributed by atoms with E-state index >= 15 is 0 Å². The summed E-state index contributed by atoms with van der Waals surface area (Å²) in [6.07, 6.45) is 11.0. The van der Waals surface area contributed by atoms with Crippen molar-refractivity contribution in [3.05, 3.63) is 35.9 Å². The molecule has 0 radical (unpaired) electrons. The van der Waals surface area contributed by atoms with Gasteiger partial charge >= 0.3 is 0 Å². The van der Waals surface area contributed by atoms with Crippen LogP contribution in [-0.4, -0.2) is 12.6 Å². The molecule has 1 aliphatic carbocycles. The number of rotatable bonds is 7. The van der Waals surface area contributed by atoms with Gasteiger partial charge in [0.05, 0.1) is 0 Å². The molecule has 0 saturated heterocycles. The summed E-state index contributed by atoms with van der Waals surface area (Å²) in [5.74, 6) is 0.940. The summed E-state index contributed by atoms with van der Waals surface area (Å²) in [6.45, 7) is 3.51. The van der Waals surface area contributed by atoms with Gasteiger partial charge in [-0.05, 0) is 50.1 Å². The Morgan fingerprint density at radius 1 is 1.11 bits per heavy atom. The molecule has 1 atom stereocenters. The number of hydrogen-bond acceptors (Lipinski definition) is 1. The Kier molecular flexibility index (Phi) is 6.43.